The number of alkyl halides is 3. The Bertz CT molecular complexity index is 807. The van der Waals surface area contributed by atoms with Crippen LogP contribution >= 0.6 is 11.6 Å². The highest BCUT2D eigenvalue weighted by molar-refractivity contribution is 6.31. The van der Waals surface area contributed by atoms with Gasteiger partial charge in [-0.25, -0.2) is 0 Å². The van der Waals surface area contributed by atoms with Gasteiger partial charge < -0.3 is 10.6 Å². The molecule has 2 rings (SSSR count). The quantitative estimate of drug-likeness (QED) is 0.771. The molecular weight excluding hydrogens is 357 g/mol. The fraction of sp³-hybridized carbons (Fsp3) is 0.176. The van der Waals surface area contributed by atoms with Crippen LogP contribution in [0.15, 0.2) is 42.5 Å². The number of hydrogen-bond donors (Lipinski definition) is 2. The molecule has 0 bridgehead atoms. The van der Waals surface area contributed by atoms with Crippen LogP contribution in [0.4, 0.5) is 24.5 Å². The summed E-state index contributed by atoms with van der Waals surface area (Å²) in [4.78, 5) is 23.8. The van der Waals surface area contributed by atoms with Crippen molar-refractivity contribution < 1.29 is 22.8 Å². The standard InChI is InChI=1S/C17H14ClF3N2O2/c1-10-13(18)6-3-7-14(10)23-16(25)9-15(24)22-12-5-2-4-11(8-12)17(19,20)21/h2-8H,9H2,1H3,(H,22,24)(H,23,25). The molecule has 0 saturated heterocycles. The van der Waals surface area contributed by atoms with Gasteiger partial charge in [-0.05, 0) is 42.8 Å². The van der Waals surface area contributed by atoms with E-state index < -0.39 is 30.0 Å². The maximum atomic E-state index is 12.6. The normalized spacial score (nSPS) is 11.1. The van der Waals surface area contributed by atoms with E-state index in [0.717, 1.165) is 12.1 Å². The van der Waals surface area contributed by atoms with Gasteiger partial charge >= 0.3 is 6.18 Å². The minimum atomic E-state index is -4.51. The van der Waals surface area contributed by atoms with Crippen LogP contribution in [0.2, 0.25) is 5.02 Å². The van der Waals surface area contributed by atoms with Crippen molar-refractivity contribution in [3.05, 3.63) is 58.6 Å². The maximum Gasteiger partial charge on any atom is 0.416 e. The molecule has 0 spiro atoms. The van der Waals surface area contributed by atoms with E-state index in [-0.39, 0.29) is 5.69 Å². The third-order valence-electron chi connectivity index (χ3n) is 3.34. The fourth-order valence-corrected chi connectivity index (χ4v) is 2.24. The molecule has 132 valence electrons. The zero-order chi connectivity index (χ0) is 18.6. The van der Waals surface area contributed by atoms with E-state index in [4.69, 9.17) is 11.6 Å². The third kappa shape index (κ3) is 5.22. The molecule has 0 atom stereocenters. The minimum Gasteiger partial charge on any atom is -0.326 e. The highest BCUT2D eigenvalue weighted by Crippen LogP contribution is 2.30. The predicted octanol–water partition coefficient (Wildman–Crippen LogP) is 4.63. The van der Waals surface area contributed by atoms with Crippen LogP contribution in [0.3, 0.4) is 0 Å². The number of carbonyl (C=O) groups is 2. The molecule has 0 aromatic heterocycles. The lowest BCUT2D eigenvalue weighted by molar-refractivity contribution is -0.137. The molecule has 2 N–H and O–H groups in total. The summed E-state index contributed by atoms with van der Waals surface area (Å²) in [5, 5.41) is 5.27. The number of benzene rings is 2. The van der Waals surface area contributed by atoms with Gasteiger partial charge in [-0.3, -0.25) is 9.59 Å². The van der Waals surface area contributed by atoms with Crippen LogP contribution in [0.1, 0.15) is 17.5 Å². The molecule has 2 aromatic carbocycles. The molecule has 0 unspecified atom stereocenters. The highest BCUT2D eigenvalue weighted by Gasteiger charge is 2.30. The summed E-state index contributed by atoms with van der Waals surface area (Å²) < 4.78 is 37.9. The van der Waals surface area contributed by atoms with Gasteiger partial charge in [-0.2, -0.15) is 13.2 Å². The van der Waals surface area contributed by atoms with Gasteiger partial charge in [0.2, 0.25) is 11.8 Å². The van der Waals surface area contributed by atoms with Crippen LogP contribution in [0, 0.1) is 6.92 Å². The summed E-state index contributed by atoms with van der Waals surface area (Å²) in [7, 11) is 0. The Kier molecular flexibility index (Phi) is 5.69. The summed E-state index contributed by atoms with van der Waals surface area (Å²) >= 11 is 5.94. The molecule has 2 aromatic rings. The highest BCUT2D eigenvalue weighted by atomic mass is 35.5. The first-order valence-electron chi connectivity index (χ1n) is 7.19. The zero-order valence-corrected chi connectivity index (χ0v) is 13.8. The topological polar surface area (TPSA) is 58.2 Å². The average Bonchev–Trinajstić information content (AvgIpc) is 2.51. The molecule has 4 nitrogen and oxygen atoms in total. The molecule has 25 heavy (non-hydrogen) atoms. The second kappa shape index (κ2) is 7.57. The molecule has 0 aliphatic heterocycles. The Labute approximate surface area is 147 Å². The van der Waals surface area contributed by atoms with Gasteiger partial charge in [-0.15, -0.1) is 0 Å². The van der Waals surface area contributed by atoms with Crippen molar-refractivity contribution in [3.63, 3.8) is 0 Å². The molecule has 8 heteroatoms. The van der Waals surface area contributed by atoms with E-state index in [1.54, 1.807) is 25.1 Å². The molecular formula is C17H14ClF3N2O2. The molecule has 0 aliphatic carbocycles. The van der Waals surface area contributed by atoms with Crippen molar-refractivity contribution in [1.82, 2.24) is 0 Å². The van der Waals surface area contributed by atoms with Crippen molar-refractivity contribution in [1.29, 1.82) is 0 Å². The lowest BCUT2D eigenvalue weighted by Gasteiger charge is -2.11. The molecule has 0 aliphatic rings. The van der Waals surface area contributed by atoms with E-state index in [1.807, 2.05) is 0 Å². The summed E-state index contributed by atoms with van der Waals surface area (Å²) in [6.07, 6.45) is -5.05. The van der Waals surface area contributed by atoms with E-state index in [2.05, 4.69) is 10.6 Å². The Morgan fingerprint density at radius 1 is 1.04 bits per heavy atom. The summed E-state index contributed by atoms with van der Waals surface area (Å²) in [5.41, 5.74) is 0.191. The third-order valence-corrected chi connectivity index (χ3v) is 3.75. The second-order valence-electron chi connectivity index (χ2n) is 5.26. The van der Waals surface area contributed by atoms with Gasteiger partial charge in [0.1, 0.15) is 6.42 Å². The van der Waals surface area contributed by atoms with E-state index >= 15 is 0 Å². The van der Waals surface area contributed by atoms with Gasteiger partial charge in [-0.1, -0.05) is 23.7 Å². The van der Waals surface area contributed by atoms with Crippen molar-refractivity contribution in [2.45, 2.75) is 19.5 Å². The lowest BCUT2D eigenvalue weighted by atomic mass is 10.2. The van der Waals surface area contributed by atoms with Crippen molar-refractivity contribution in [3.8, 4) is 0 Å². The number of halogens is 4. The van der Waals surface area contributed by atoms with Crippen molar-refractivity contribution in [2.24, 2.45) is 0 Å². The van der Waals surface area contributed by atoms with E-state index in [9.17, 15) is 22.8 Å². The van der Waals surface area contributed by atoms with Crippen LogP contribution in [-0.2, 0) is 15.8 Å². The second-order valence-corrected chi connectivity index (χ2v) is 5.67. The number of hydrogen-bond acceptors (Lipinski definition) is 2. The van der Waals surface area contributed by atoms with Gasteiger partial charge in [0.25, 0.3) is 0 Å². The van der Waals surface area contributed by atoms with Crippen LogP contribution in [0.25, 0.3) is 0 Å². The average molecular weight is 371 g/mol. The van der Waals surface area contributed by atoms with Crippen molar-refractivity contribution >= 4 is 34.8 Å². The first kappa shape index (κ1) is 18.8. The fourth-order valence-electron chi connectivity index (χ4n) is 2.06. The predicted molar refractivity (Wildman–Crippen MR) is 89.5 cm³/mol. The van der Waals surface area contributed by atoms with Gasteiger partial charge in [0, 0.05) is 16.4 Å². The summed E-state index contributed by atoms with van der Waals surface area (Å²) in [5.74, 6) is -1.33. The zero-order valence-electron chi connectivity index (χ0n) is 13.1. The lowest BCUT2D eigenvalue weighted by Crippen LogP contribution is -2.22. The Balaban J connectivity index is 1.98. The Morgan fingerprint density at radius 3 is 2.36 bits per heavy atom. The monoisotopic (exact) mass is 370 g/mol. The first-order chi connectivity index (χ1) is 11.7. The smallest absolute Gasteiger partial charge is 0.326 e. The maximum absolute atomic E-state index is 12.6. The number of carbonyl (C=O) groups excluding carboxylic acids is 2. The Hall–Kier alpha value is -2.54. The first-order valence-corrected chi connectivity index (χ1v) is 7.56. The number of rotatable bonds is 4. The SMILES string of the molecule is Cc1c(Cl)cccc1NC(=O)CC(=O)Nc1cccc(C(F)(F)F)c1. The minimum absolute atomic E-state index is 0.0356. The summed E-state index contributed by atoms with van der Waals surface area (Å²) in [6, 6.07) is 9.12. The Morgan fingerprint density at radius 2 is 1.68 bits per heavy atom. The molecule has 0 radical (unpaired) electrons. The number of nitrogens with one attached hydrogen (secondary N) is 2. The molecule has 0 fully saturated rings. The largest absolute Gasteiger partial charge is 0.416 e. The number of anilines is 2. The van der Waals surface area contributed by atoms with Crippen LogP contribution in [-0.4, -0.2) is 11.8 Å². The summed E-state index contributed by atoms with van der Waals surface area (Å²) in [6.45, 7) is 1.71. The van der Waals surface area contributed by atoms with Gasteiger partial charge in [0.15, 0.2) is 0 Å². The van der Waals surface area contributed by atoms with Crippen molar-refractivity contribution in [2.75, 3.05) is 10.6 Å². The molecule has 0 saturated carbocycles. The number of amides is 2. The van der Waals surface area contributed by atoms with Crippen LogP contribution < -0.4 is 10.6 Å². The van der Waals surface area contributed by atoms with E-state index in [1.165, 1.54) is 12.1 Å². The van der Waals surface area contributed by atoms with Gasteiger partial charge in [0.05, 0.1) is 5.56 Å². The van der Waals surface area contributed by atoms with E-state index in [0.29, 0.717) is 16.3 Å². The van der Waals surface area contributed by atoms with Crippen LogP contribution in [0.5, 0.6) is 0 Å². The molecule has 0 heterocycles. The molecule has 2 amide bonds.